The van der Waals surface area contributed by atoms with Gasteiger partial charge < -0.3 is 0 Å². The van der Waals surface area contributed by atoms with Crippen molar-refractivity contribution < 1.29 is 0 Å². The summed E-state index contributed by atoms with van der Waals surface area (Å²) < 4.78 is 0. The lowest BCUT2D eigenvalue weighted by Crippen LogP contribution is -2.49. The maximum absolute atomic E-state index is 2.61. The molecule has 0 spiro atoms. The Morgan fingerprint density at radius 1 is 1.17 bits per heavy atom. The third-order valence-corrected chi connectivity index (χ3v) is 2.85. The second kappa shape index (κ2) is 3.02. The minimum atomic E-state index is 0.359. The largest absolute Gasteiger partial charge is 0.298 e. The molecule has 1 aliphatic heterocycles. The normalized spacial score (nSPS) is 25.8. The Morgan fingerprint density at radius 2 is 1.75 bits per heavy atom. The summed E-state index contributed by atoms with van der Waals surface area (Å²) in [5, 5.41) is 0. The molecule has 1 nitrogen and oxygen atoms in total. The summed E-state index contributed by atoms with van der Waals surface area (Å²) in [6.07, 6.45) is 2.75. The Balaban J connectivity index is 2.58. The van der Waals surface area contributed by atoms with E-state index in [1.54, 1.807) is 0 Å². The number of rotatable bonds is 0. The molecular formula is C11H23N. The quantitative estimate of drug-likeness (QED) is 0.539. The van der Waals surface area contributed by atoms with Crippen LogP contribution in [-0.2, 0) is 0 Å². The van der Waals surface area contributed by atoms with Gasteiger partial charge >= 0.3 is 0 Å². The maximum Gasteiger partial charge on any atom is 0.0125 e. The van der Waals surface area contributed by atoms with Gasteiger partial charge in [-0.1, -0.05) is 13.8 Å². The molecule has 1 saturated heterocycles. The predicted octanol–water partition coefficient (Wildman–Crippen LogP) is 2.91. The highest BCUT2D eigenvalue weighted by Crippen LogP contribution is 2.31. The van der Waals surface area contributed by atoms with Crippen LogP contribution in [0, 0.1) is 5.41 Å². The number of hydrogen-bond donors (Lipinski definition) is 0. The molecule has 0 bridgehead atoms. The highest BCUT2D eigenvalue weighted by Gasteiger charge is 2.31. The fourth-order valence-corrected chi connectivity index (χ4v) is 2.00. The van der Waals surface area contributed by atoms with Crippen LogP contribution in [0.3, 0.4) is 0 Å². The standard InChI is InChI=1S/C11H23N/c1-10(2,3)12-8-6-7-11(4,5)9-12/h6-9H2,1-5H3. The molecule has 0 aromatic carbocycles. The smallest absolute Gasteiger partial charge is 0.0125 e. The van der Waals surface area contributed by atoms with E-state index < -0.39 is 0 Å². The molecule has 0 atom stereocenters. The molecule has 0 aliphatic carbocycles. The molecule has 1 rings (SSSR count). The van der Waals surface area contributed by atoms with Crippen molar-refractivity contribution in [1.29, 1.82) is 0 Å². The van der Waals surface area contributed by atoms with Crippen molar-refractivity contribution in [2.24, 2.45) is 5.41 Å². The highest BCUT2D eigenvalue weighted by atomic mass is 15.2. The molecule has 12 heavy (non-hydrogen) atoms. The highest BCUT2D eigenvalue weighted by molar-refractivity contribution is 4.86. The van der Waals surface area contributed by atoms with Gasteiger partial charge in [-0.15, -0.1) is 0 Å². The molecule has 0 saturated carbocycles. The van der Waals surface area contributed by atoms with Crippen molar-refractivity contribution in [3.8, 4) is 0 Å². The Bertz CT molecular complexity index is 150. The van der Waals surface area contributed by atoms with Crippen LogP contribution in [0.15, 0.2) is 0 Å². The zero-order valence-corrected chi connectivity index (χ0v) is 9.28. The SMILES string of the molecule is CC1(C)CCCN(C(C)(C)C)C1. The molecule has 0 unspecified atom stereocenters. The van der Waals surface area contributed by atoms with Crippen molar-refractivity contribution in [1.82, 2.24) is 4.90 Å². The molecule has 0 radical (unpaired) electrons. The van der Waals surface area contributed by atoms with Crippen LogP contribution in [0.25, 0.3) is 0 Å². The van der Waals surface area contributed by atoms with Crippen molar-refractivity contribution in [2.45, 2.75) is 53.0 Å². The van der Waals surface area contributed by atoms with E-state index in [0.29, 0.717) is 11.0 Å². The second-order valence-electron chi connectivity index (χ2n) is 5.86. The first-order valence-electron chi connectivity index (χ1n) is 5.06. The van der Waals surface area contributed by atoms with Gasteiger partial charge in [0.15, 0.2) is 0 Å². The third-order valence-electron chi connectivity index (χ3n) is 2.85. The van der Waals surface area contributed by atoms with Gasteiger partial charge in [0.05, 0.1) is 0 Å². The zero-order chi connectivity index (χ0) is 9.41. The summed E-state index contributed by atoms with van der Waals surface area (Å²) >= 11 is 0. The van der Waals surface area contributed by atoms with Crippen molar-refractivity contribution >= 4 is 0 Å². The molecule has 0 aromatic heterocycles. The van der Waals surface area contributed by atoms with Gasteiger partial charge in [-0.05, 0) is 45.6 Å². The lowest BCUT2D eigenvalue weighted by atomic mass is 9.82. The van der Waals surface area contributed by atoms with E-state index in [-0.39, 0.29) is 0 Å². The van der Waals surface area contributed by atoms with Gasteiger partial charge in [-0.25, -0.2) is 0 Å². The molecule has 0 aromatic rings. The minimum Gasteiger partial charge on any atom is -0.298 e. The van der Waals surface area contributed by atoms with Gasteiger partial charge in [-0.3, -0.25) is 4.90 Å². The van der Waals surface area contributed by atoms with Crippen LogP contribution in [-0.4, -0.2) is 23.5 Å². The molecule has 1 aliphatic rings. The van der Waals surface area contributed by atoms with E-state index in [0.717, 1.165) is 0 Å². The van der Waals surface area contributed by atoms with E-state index in [9.17, 15) is 0 Å². The van der Waals surface area contributed by atoms with E-state index in [1.165, 1.54) is 25.9 Å². The average molecular weight is 169 g/mol. The van der Waals surface area contributed by atoms with Gasteiger partial charge in [0, 0.05) is 12.1 Å². The first-order chi connectivity index (χ1) is 5.31. The zero-order valence-electron chi connectivity index (χ0n) is 9.28. The molecule has 1 heteroatoms. The summed E-state index contributed by atoms with van der Waals surface area (Å²) in [5.74, 6) is 0. The monoisotopic (exact) mass is 169 g/mol. The van der Waals surface area contributed by atoms with Gasteiger partial charge in [-0.2, -0.15) is 0 Å². The van der Waals surface area contributed by atoms with Crippen molar-refractivity contribution in [3.63, 3.8) is 0 Å². The fraction of sp³-hybridized carbons (Fsp3) is 1.00. The molecule has 0 N–H and O–H groups in total. The predicted molar refractivity (Wildman–Crippen MR) is 54.3 cm³/mol. The van der Waals surface area contributed by atoms with Crippen LogP contribution in [0.4, 0.5) is 0 Å². The van der Waals surface area contributed by atoms with Gasteiger partial charge in [0.25, 0.3) is 0 Å². The molecule has 1 fully saturated rings. The summed E-state index contributed by atoms with van der Waals surface area (Å²) in [6.45, 7) is 14.2. The first kappa shape index (κ1) is 10.0. The topological polar surface area (TPSA) is 3.24 Å². The number of nitrogens with zero attached hydrogens (tertiary/aromatic N) is 1. The lowest BCUT2D eigenvalue weighted by molar-refractivity contribution is 0.0437. The lowest BCUT2D eigenvalue weighted by Gasteiger charge is -2.45. The van der Waals surface area contributed by atoms with Crippen LogP contribution >= 0.6 is 0 Å². The molecule has 1 heterocycles. The van der Waals surface area contributed by atoms with Gasteiger partial charge in [0.1, 0.15) is 0 Å². The average Bonchev–Trinajstić information content (AvgIpc) is 1.83. The maximum atomic E-state index is 2.61. The van der Waals surface area contributed by atoms with Crippen LogP contribution < -0.4 is 0 Å². The third kappa shape index (κ3) is 2.48. The summed E-state index contributed by atoms with van der Waals surface area (Å²) in [4.78, 5) is 2.61. The summed E-state index contributed by atoms with van der Waals surface area (Å²) in [7, 11) is 0. The first-order valence-corrected chi connectivity index (χ1v) is 5.06. The van der Waals surface area contributed by atoms with Crippen molar-refractivity contribution in [2.75, 3.05) is 13.1 Å². The minimum absolute atomic E-state index is 0.359. The van der Waals surface area contributed by atoms with Crippen LogP contribution in [0.5, 0.6) is 0 Å². The summed E-state index contributed by atoms with van der Waals surface area (Å²) in [5.41, 5.74) is 0.892. The second-order valence-corrected chi connectivity index (χ2v) is 5.86. The fourth-order valence-electron chi connectivity index (χ4n) is 2.00. The van der Waals surface area contributed by atoms with E-state index in [1.807, 2.05) is 0 Å². The molecule has 72 valence electrons. The summed E-state index contributed by atoms with van der Waals surface area (Å²) in [6, 6.07) is 0. The van der Waals surface area contributed by atoms with E-state index >= 15 is 0 Å². The van der Waals surface area contributed by atoms with Crippen molar-refractivity contribution in [3.05, 3.63) is 0 Å². The van der Waals surface area contributed by atoms with Gasteiger partial charge in [0.2, 0.25) is 0 Å². The van der Waals surface area contributed by atoms with Crippen LogP contribution in [0.1, 0.15) is 47.5 Å². The number of hydrogen-bond acceptors (Lipinski definition) is 1. The van der Waals surface area contributed by atoms with E-state index in [4.69, 9.17) is 0 Å². The number of piperidine rings is 1. The Morgan fingerprint density at radius 3 is 2.08 bits per heavy atom. The Kier molecular flexibility index (Phi) is 2.53. The Hall–Kier alpha value is -0.0400. The Labute approximate surface area is 77.1 Å². The van der Waals surface area contributed by atoms with E-state index in [2.05, 4.69) is 39.5 Å². The number of likely N-dealkylation sites (tertiary alicyclic amines) is 1. The molecule has 0 amide bonds. The molecular weight excluding hydrogens is 146 g/mol. The van der Waals surface area contributed by atoms with Crippen LogP contribution in [0.2, 0.25) is 0 Å².